The first kappa shape index (κ1) is 14.1. The van der Waals surface area contributed by atoms with Gasteiger partial charge in [0.1, 0.15) is 0 Å². The van der Waals surface area contributed by atoms with E-state index in [0.29, 0.717) is 6.10 Å². The zero-order valence-corrected chi connectivity index (χ0v) is 12.6. The minimum Gasteiger partial charge on any atom is -0.397 e. The zero-order valence-electron chi connectivity index (χ0n) is 12.6. The molecule has 0 radical (unpaired) electrons. The first-order valence-electron chi connectivity index (χ1n) is 7.79. The molecule has 1 unspecified atom stereocenters. The molecule has 1 aliphatic heterocycles. The summed E-state index contributed by atoms with van der Waals surface area (Å²) in [7, 11) is 0. The van der Waals surface area contributed by atoms with Gasteiger partial charge in [-0.05, 0) is 43.5 Å². The van der Waals surface area contributed by atoms with Crippen LogP contribution in [0, 0.1) is 0 Å². The highest BCUT2D eigenvalue weighted by Crippen LogP contribution is 2.31. The lowest BCUT2D eigenvalue weighted by Gasteiger charge is -2.35. The average molecular weight is 285 g/mol. The second-order valence-corrected chi connectivity index (χ2v) is 5.65. The molecule has 1 aromatic heterocycles. The quantitative estimate of drug-likeness (QED) is 0.876. The van der Waals surface area contributed by atoms with E-state index in [9.17, 15) is 0 Å². The molecule has 112 valence electrons. The maximum absolute atomic E-state index is 6.04. The molecule has 0 bridgehead atoms. The zero-order chi connectivity index (χ0) is 14.7. The number of nitrogen functional groups attached to an aromatic ring is 1. The molecule has 2 N–H and O–H groups in total. The van der Waals surface area contributed by atoms with Gasteiger partial charge in [-0.3, -0.25) is 4.98 Å². The topological polar surface area (TPSA) is 51.4 Å². The smallest absolute Gasteiger partial charge is 0.0951 e. The second kappa shape index (κ2) is 6.31. The number of benzene rings is 1. The van der Waals surface area contributed by atoms with E-state index in [0.717, 1.165) is 49.1 Å². The number of hydrogen-bond donors (Lipinski definition) is 1. The van der Waals surface area contributed by atoms with Gasteiger partial charge in [0, 0.05) is 37.0 Å². The number of piperidine rings is 1. The van der Waals surface area contributed by atoms with Crippen molar-refractivity contribution in [3.05, 3.63) is 30.5 Å². The lowest BCUT2D eigenvalue weighted by molar-refractivity contribution is 0.0441. The SMILES string of the molecule is CCCOC1CCCN(c2ccc(N)c3ncccc23)C1. The molecule has 2 heterocycles. The van der Waals surface area contributed by atoms with E-state index < -0.39 is 0 Å². The number of ether oxygens (including phenoxy) is 1. The van der Waals surface area contributed by atoms with Gasteiger partial charge in [0.15, 0.2) is 0 Å². The molecule has 0 amide bonds. The Balaban J connectivity index is 1.88. The van der Waals surface area contributed by atoms with Gasteiger partial charge in [-0.15, -0.1) is 0 Å². The van der Waals surface area contributed by atoms with Crippen LogP contribution in [0.1, 0.15) is 26.2 Å². The van der Waals surface area contributed by atoms with Gasteiger partial charge in [0.25, 0.3) is 0 Å². The molecule has 1 saturated heterocycles. The first-order valence-corrected chi connectivity index (χ1v) is 7.79. The summed E-state index contributed by atoms with van der Waals surface area (Å²) in [5.41, 5.74) is 8.90. The van der Waals surface area contributed by atoms with Crippen LogP contribution >= 0.6 is 0 Å². The summed E-state index contributed by atoms with van der Waals surface area (Å²) >= 11 is 0. The lowest BCUT2D eigenvalue weighted by atomic mass is 10.0. The van der Waals surface area contributed by atoms with Crippen molar-refractivity contribution in [2.75, 3.05) is 30.3 Å². The summed E-state index contributed by atoms with van der Waals surface area (Å²) in [4.78, 5) is 6.83. The van der Waals surface area contributed by atoms with E-state index in [4.69, 9.17) is 10.5 Å². The number of anilines is 2. The molecule has 4 heteroatoms. The highest BCUT2D eigenvalue weighted by molar-refractivity contribution is 5.98. The highest BCUT2D eigenvalue weighted by Gasteiger charge is 2.22. The van der Waals surface area contributed by atoms with E-state index in [1.54, 1.807) is 6.20 Å². The van der Waals surface area contributed by atoms with Crippen LogP contribution in [0.3, 0.4) is 0 Å². The molecule has 1 aliphatic rings. The number of nitrogens with zero attached hydrogens (tertiary/aromatic N) is 2. The standard InChI is InChI=1S/C17H23N3O/c1-2-11-21-13-5-4-10-20(12-13)16-8-7-15(18)17-14(16)6-3-9-19-17/h3,6-9,13H,2,4-5,10-12,18H2,1H3. The van der Waals surface area contributed by atoms with Crippen molar-refractivity contribution in [2.24, 2.45) is 0 Å². The minimum absolute atomic E-state index is 0.336. The van der Waals surface area contributed by atoms with Crippen LogP contribution in [0.4, 0.5) is 11.4 Å². The summed E-state index contributed by atoms with van der Waals surface area (Å²) in [5, 5.41) is 1.13. The van der Waals surface area contributed by atoms with E-state index in [-0.39, 0.29) is 0 Å². The van der Waals surface area contributed by atoms with Gasteiger partial charge in [-0.25, -0.2) is 0 Å². The average Bonchev–Trinajstić information content (AvgIpc) is 2.54. The van der Waals surface area contributed by atoms with E-state index in [2.05, 4.69) is 28.9 Å². The molecule has 0 spiro atoms. The summed E-state index contributed by atoms with van der Waals surface area (Å²) in [6, 6.07) is 8.15. The fourth-order valence-electron chi connectivity index (χ4n) is 3.03. The van der Waals surface area contributed by atoms with Crippen LogP contribution in [0.2, 0.25) is 0 Å². The van der Waals surface area contributed by atoms with Crippen LogP contribution in [0.5, 0.6) is 0 Å². The summed E-state index contributed by atoms with van der Waals surface area (Å²) in [5.74, 6) is 0. The Morgan fingerprint density at radius 2 is 2.29 bits per heavy atom. The lowest BCUT2D eigenvalue weighted by Crippen LogP contribution is -2.40. The second-order valence-electron chi connectivity index (χ2n) is 5.65. The molecular formula is C17H23N3O. The summed E-state index contributed by atoms with van der Waals surface area (Å²) in [6.45, 7) is 5.02. The Morgan fingerprint density at radius 1 is 1.38 bits per heavy atom. The van der Waals surface area contributed by atoms with Crippen molar-refractivity contribution >= 4 is 22.3 Å². The van der Waals surface area contributed by atoms with Gasteiger partial charge in [-0.2, -0.15) is 0 Å². The highest BCUT2D eigenvalue weighted by atomic mass is 16.5. The number of aromatic nitrogens is 1. The molecule has 2 aromatic rings. The summed E-state index contributed by atoms with van der Waals surface area (Å²) < 4.78 is 5.94. The molecule has 1 aromatic carbocycles. The van der Waals surface area contributed by atoms with Crippen molar-refractivity contribution in [2.45, 2.75) is 32.3 Å². The molecule has 0 saturated carbocycles. The third-order valence-corrected chi connectivity index (χ3v) is 4.05. The number of nitrogens with two attached hydrogens (primary N) is 1. The minimum atomic E-state index is 0.336. The fourth-order valence-corrected chi connectivity index (χ4v) is 3.03. The maximum Gasteiger partial charge on any atom is 0.0951 e. The largest absolute Gasteiger partial charge is 0.397 e. The van der Waals surface area contributed by atoms with Gasteiger partial charge < -0.3 is 15.4 Å². The van der Waals surface area contributed by atoms with Gasteiger partial charge in [-0.1, -0.05) is 6.92 Å². The predicted molar refractivity (Wildman–Crippen MR) is 87.6 cm³/mol. The van der Waals surface area contributed by atoms with E-state index >= 15 is 0 Å². The van der Waals surface area contributed by atoms with Crippen LogP contribution in [0.15, 0.2) is 30.5 Å². The third kappa shape index (κ3) is 2.95. The van der Waals surface area contributed by atoms with Crippen molar-refractivity contribution in [3.63, 3.8) is 0 Å². The third-order valence-electron chi connectivity index (χ3n) is 4.05. The normalized spacial score (nSPS) is 19.1. The summed E-state index contributed by atoms with van der Waals surface area (Å²) in [6.07, 6.45) is 5.53. The molecule has 21 heavy (non-hydrogen) atoms. The van der Waals surface area contributed by atoms with Crippen molar-refractivity contribution in [3.8, 4) is 0 Å². The van der Waals surface area contributed by atoms with Crippen LogP contribution in [0.25, 0.3) is 10.9 Å². The fraction of sp³-hybridized carbons (Fsp3) is 0.471. The Labute approximate surface area is 125 Å². The monoisotopic (exact) mass is 285 g/mol. The Morgan fingerprint density at radius 3 is 3.14 bits per heavy atom. The van der Waals surface area contributed by atoms with Crippen molar-refractivity contribution < 1.29 is 4.74 Å². The van der Waals surface area contributed by atoms with Gasteiger partial charge in [0.2, 0.25) is 0 Å². The van der Waals surface area contributed by atoms with Crippen LogP contribution < -0.4 is 10.6 Å². The molecule has 1 atom stereocenters. The maximum atomic E-state index is 6.04. The van der Waals surface area contributed by atoms with Crippen LogP contribution in [-0.2, 0) is 4.74 Å². The number of fused-ring (bicyclic) bond motifs is 1. The Bertz CT molecular complexity index is 614. The first-order chi connectivity index (χ1) is 10.3. The molecule has 0 aliphatic carbocycles. The predicted octanol–water partition coefficient (Wildman–Crippen LogP) is 3.21. The molecule has 3 rings (SSSR count). The molecule has 1 fully saturated rings. The number of hydrogen-bond acceptors (Lipinski definition) is 4. The van der Waals surface area contributed by atoms with E-state index in [1.807, 2.05) is 12.1 Å². The van der Waals surface area contributed by atoms with Crippen molar-refractivity contribution in [1.29, 1.82) is 0 Å². The Hall–Kier alpha value is -1.81. The van der Waals surface area contributed by atoms with Crippen LogP contribution in [-0.4, -0.2) is 30.8 Å². The number of rotatable bonds is 4. The van der Waals surface area contributed by atoms with Gasteiger partial charge >= 0.3 is 0 Å². The number of pyridine rings is 1. The Kier molecular flexibility index (Phi) is 4.25. The van der Waals surface area contributed by atoms with Gasteiger partial charge in [0.05, 0.1) is 17.3 Å². The molecule has 4 nitrogen and oxygen atoms in total. The molecular weight excluding hydrogens is 262 g/mol. The van der Waals surface area contributed by atoms with E-state index in [1.165, 1.54) is 12.1 Å². The van der Waals surface area contributed by atoms with Crippen molar-refractivity contribution in [1.82, 2.24) is 4.98 Å².